The Labute approximate surface area is 105 Å². The predicted octanol–water partition coefficient (Wildman–Crippen LogP) is 2.06. The van der Waals surface area contributed by atoms with Gasteiger partial charge in [-0.25, -0.2) is 10.8 Å². The Hall–Kier alpha value is -1.43. The number of hydrazine groups is 1. The van der Waals surface area contributed by atoms with Crippen LogP contribution < -0.4 is 11.3 Å². The average molecular weight is 248 g/mol. The highest BCUT2D eigenvalue weighted by Crippen LogP contribution is 2.12. The van der Waals surface area contributed by atoms with Gasteiger partial charge >= 0.3 is 0 Å². The summed E-state index contributed by atoms with van der Waals surface area (Å²) in [6.45, 7) is 1.76. The molecular formula is C12H16N4S. The molecule has 0 atom stereocenters. The number of anilines is 1. The lowest BCUT2D eigenvalue weighted by Crippen LogP contribution is -2.18. The number of nitrogens with two attached hydrogens (primary N) is 1. The second-order valence-electron chi connectivity index (χ2n) is 3.91. The highest BCUT2D eigenvalue weighted by atomic mass is 32.1. The Morgan fingerprint density at radius 3 is 2.88 bits per heavy atom. The van der Waals surface area contributed by atoms with E-state index in [1.54, 1.807) is 11.3 Å². The zero-order valence-corrected chi connectivity index (χ0v) is 10.6. The highest BCUT2D eigenvalue weighted by molar-refractivity contribution is 7.09. The van der Waals surface area contributed by atoms with Gasteiger partial charge in [0.1, 0.15) is 5.82 Å². The third-order valence-corrected chi connectivity index (χ3v) is 3.25. The molecule has 0 amide bonds. The minimum Gasteiger partial charge on any atom is -0.308 e. The van der Waals surface area contributed by atoms with Gasteiger partial charge in [0.2, 0.25) is 0 Å². The maximum Gasteiger partial charge on any atom is 0.140 e. The molecule has 0 fully saturated rings. The van der Waals surface area contributed by atoms with Gasteiger partial charge in [-0.3, -0.25) is 4.90 Å². The lowest BCUT2D eigenvalue weighted by molar-refractivity contribution is 0.318. The number of nitrogens with one attached hydrogen (secondary N) is 1. The fourth-order valence-electron chi connectivity index (χ4n) is 1.65. The fraction of sp³-hybridized carbons (Fsp3) is 0.250. The predicted molar refractivity (Wildman–Crippen MR) is 71.5 cm³/mol. The number of aromatic nitrogens is 1. The molecule has 0 bridgehead atoms. The van der Waals surface area contributed by atoms with E-state index < -0.39 is 0 Å². The zero-order chi connectivity index (χ0) is 12.1. The van der Waals surface area contributed by atoms with Gasteiger partial charge in [-0.15, -0.1) is 11.3 Å². The van der Waals surface area contributed by atoms with E-state index in [0.29, 0.717) is 5.82 Å². The van der Waals surface area contributed by atoms with Gasteiger partial charge in [-0.05, 0) is 30.6 Å². The summed E-state index contributed by atoms with van der Waals surface area (Å²) in [5.41, 5.74) is 3.57. The van der Waals surface area contributed by atoms with Crippen molar-refractivity contribution >= 4 is 17.2 Å². The SMILES string of the molecule is CN(Cc1cccc(NN)n1)Cc1cccs1. The first-order valence-corrected chi connectivity index (χ1v) is 6.29. The lowest BCUT2D eigenvalue weighted by Gasteiger charge is -2.15. The summed E-state index contributed by atoms with van der Waals surface area (Å²) in [6, 6.07) is 10.0. The van der Waals surface area contributed by atoms with Gasteiger partial charge < -0.3 is 5.43 Å². The van der Waals surface area contributed by atoms with E-state index in [9.17, 15) is 0 Å². The average Bonchev–Trinajstić information content (AvgIpc) is 2.82. The van der Waals surface area contributed by atoms with Gasteiger partial charge in [0.15, 0.2) is 0 Å². The van der Waals surface area contributed by atoms with Gasteiger partial charge in [0, 0.05) is 18.0 Å². The molecule has 2 heterocycles. The molecule has 0 saturated heterocycles. The summed E-state index contributed by atoms with van der Waals surface area (Å²) < 4.78 is 0. The van der Waals surface area contributed by atoms with Crippen molar-refractivity contribution in [1.29, 1.82) is 0 Å². The number of thiophene rings is 1. The second kappa shape index (κ2) is 5.77. The highest BCUT2D eigenvalue weighted by Gasteiger charge is 2.04. The van der Waals surface area contributed by atoms with Crippen LogP contribution in [0, 0.1) is 0 Å². The van der Waals surface area contributed by atoms with Crippen LogP contribution in [-0.4, -0.2) is 16.9 Å². The van der Waals surface area contributed by atoms with Crippen molar-refractivity contribution in [3.63, 3.8) is 0 Å². The number of nitrogens with zero attached hydrogens (tertiary/aromatic N) is 2. The molecule has 2 rings (SSSR count). The molecule has 0 radical (unpaired) electrons. The number of hydrogen-bond acceptors (Lipinski definition) is 5. The van der Waals surface area contributed by atoms with Crippen LogP contribution in [0.4, 0.5) is 5.82 Å². The molecule has 4 nitrogen and oxygen atoms in total. The first kappa shape index (κ1) is 12.0. The van der Waals surface area contributed by atoms with Crippen molar-refractivity contribution in [2.24, 2.45) is 5.84 Å². The Morgan fingerprint density at radius 1 is 1.29 bits per heavy atom. The molecule has 0 aliphatic heterocycles. The maximum absolute atomic E-state index is 5.33. The molecule has 0 saturated carbocycles. The third kappa shape index (κ3) is 3.52. The van der Waals surface area contributed by atoms with E-state index in [1.807, 2.05) is 18.2 Å². The van der Waals surface area contributed by atoms with Crippen molar-refractivity contribution in [3.8, 4) is 0 Å². The normalized spacial score (nSPS) is 10.8. The van der Waals surface area contributed by atoms with Crippen molar-refractivity contribution in [3.05, 3.63) is 46.3 Å². The fourth-order valence-corrected chi connectivity index (χ4v) is 2.43. The summed E-state index contributed by atoms with van der Waals surface area (Å²) in [5.74, 6) is 6.04. The van der Waals surface area contributed by atoms with Crippen LogP contribution in [0.2, 0.25) is 0 Å². The quantitative estimate of drug-likeness (QED) is 0.628. The Bertz CT molecular complexity index is 455. The van der Waals surface area contributed by atoms with Crippen molar-refractivity contribution < 1.29 is 0 Å². The topological polar surface area (TPSA) is 54.2 Å². The Balaban J connectivity index is 1.95. The summed E-state index contributed by atoms with van der Waals surface area (Å²) in [6.07, 6.45) is 0. The first-order valence-electron chi connectivity index (χ1n) is 5.41. The molecule has 3 N–H and O–H groups in total. The molecule has 0 spiro atoms. The minimum absolute atomic E-state index is 0.701. The van der Waals surface area contributed by atoms with Gasteiger partial charge in [-0.1, -0.05) is 12.1 Å². The molecule has 90 valence electrons. The van der Waals surface area contributed by atoms with Crippen LogP contribution >= 0.6 is 11.3 Å². The van der Waals surface area contributed by atoms with Gasteiger partial charge in [0.05, 0.1) is 5.69 Å². The van der Waals surface area contributed by atoms with Crippen molar-refractivity contribution in [2.45, 2.75) is 13.1 Å². The second-order valence-corrected chi connectivity index (χ2v) is 4.94. The van der Waals surface area contributed by atoms with Crippen LogP contribution in [0.15, 0.2) is 35.7 Å². The van der Waals surface area contributed by atoms with Crippen molar-refractivity contribution in [1.82, 2.24) is 9.88 Å². The van der Waals surface area contributed by atoms with E-state index in [1.165, 1.54) is 4.88 Å². The van der Waals surface area contributed by atoms with Gasteiger partial charge in [-0.2, -0.15) is 0 Å². The van der Waals surface area contributed by atoms with E-state index in [-0.39, 0.29) is 0 Å². The number of nitrogen functional groups attached to an aromatic ring is 1. The number of hydrogen-bond donors (Lipinski definition) is 2. The van der Waals surface area contributed by atoms with Crippen molar-refractivity contribution in [2.75, 3.05) is 12.5 Å². The zero-order valence-electron chi connectivity index (χ0n) is 9.76. The Morgan fingerprint density at radius 2 is 2.18 bits per heavy atom. The van der Waals surface area contributed by atoms with Crippen LogP contribution in [0.5, 0.6) is 0 Å². The summed E-state index contributed by atoms with van der Waals surface area (Å²) in [4.78, 5) is 7.98. The van der Waals surface area contributed by atoms with Crippen LogP contribution in [0.25, 0.3) is 0 Å². The standard InChI is InChI=1S/C12H16N4S/c1-16(9-11-5-3-7-17-11)8-10-4-2-6-12(14-10)15-13/h2-7H,8-9,13H2,1H3,(H,14,15). The van der Waals surface area contributed by atoms with Crippen LogP contribution in [0.1, 0.15) is 10.6 Å². The molecule has 17 heavy (non-hydrogen) atoms. The monoisotopic (exact) mass is 248 g/mol. The van der Waals surface area contributed by atoms with Gasteiger partial charge in [0.25, 0.3) is 0 Å². The molecule has 2 aromatic heterocycles. The summed E-state index contributed by atoms with van der Waals surface area (Å²) in [7, 11) is 2.09. The lowest BCUT2D eigenvalue weighted by atomic mass is 10.3. The maximum atomic E-state index is 5.33. The van der Waals surface area contributed by atoms with Crippen LogP contribution in [0.3, 0.4) is 0 Å². The largest absolute Gasteiger partial charge is 0.308 e. The summed E-state index contributed by atoms with van der Waals surface area (Å²) >= 11 is 1.78. The van der Waals surface area contributed by atoms with E-state index in [0.717, 1.165) is 18.8 Å². The molecular weight excluding hydrogens is 232 g/mol. The first-order chi connectivity index (χ1) is 8.28. The smallest absolute Gasteiger partial charge is 0.140 e. The minimum atomic E-state index is 0.701. The Kier molecular flexibility index (Phi) is 4.08. The van der Waals surface area contributed by atoms with Crippen LogP contribution in [-0.2, 0) is 13.1 Å². The third-order valence-electron chi connectivity index (χ3n) is 2.39. The van der Waals surface area contributed by atoms with E-state index in [2.05, 4.69) is 39.9 Å². The molecule has 5 heteroatoms. The van der Waals surface area contributed by atoms with E-state index >= 15 is 0 Å². The summed E-state index contributed by atoms with van der Waals surface area (Å²) in [5, 5.41) is 2.10. The molecule has 0 aliphatic rings. The number of rotatable bonds is 5. The molecule has 0 aromatic carbocycles. The van der Waals surface area contributed by atoms with E-state index in [4.69, 9.17) is 5.84 Å². The molecule has 0 unspecified atom stereocenters. The number of pyridine rings is 1. The molecule has 2 aromatic rings. The molecule has 0 aliphatic carbocycles.